The van der Waals surface area contributed by atoms with E-state index in [9.17, 15) is 8.42 Å². The van der Waals surface area contributed by atoms with Crippen molar-refractivity contribution in [3.63, 3.8) is 0 Å². The molecule has 0 bridgehead atoms. The van der Waals surface area contributed by atoms with Crippen LogP contribution in [0.3, 0.4) is 0 Å². The van der Waals surface area contributed by atoms with E-state index in [1.54, 1.807) is 23.9 Å². The predicted octanol–water partition coefficient (Wildman–Crippen LogP) is 1.23. The van der Waals surface area contributed by atoms with Crippen LogP contribution < -0.4 is 5.32 Å². The minimum absolute atomic E-state index is 0.339. The van der Waals surface area contributed by atoms with E-state index in [0.717, 1.165) is 22.3 Å². The second-order valence-corrected chi connectivity index (χ2v) is 7.65. The van der Waals surface area contributed by atoms with Gasteiger partial charge in [0.15, 0.2) is 15.0 Å². The van der Waals surface area contributed by atoms with E-state index in [2.05, 4.69) is 15.5 Å². The molecule has 114 valence electrons. The number of hydrogen-bond donors (Lipinski definition) is 1. The van der Waals surface area contributed by atoms with E-state index in [1.807, 2.05) is 30.8 Å². The van der Waals surface area contributed by atoms with Crippen LogP contribution in [-0.4, -0.2) is 36.5 Å². The van der Waals surface area contributed by atoms with Crippen molar-refractivity contribution < 1.29 is 8.42 Å². The zero-order chi connectivity index (χ0) is 15.5. The van der Waals surface area contributed by atoms with Gasteiger partial charge in [-0.15, -0.1) is 10.2 Å². The molecule has 21 heavy (non-hydrogen) atoms. The second kappa shape index (κ2) is 6.59. The van der Waals surface area contributed by atoms with Crippen LogP contribution in [0.5, 0.6) is 0 Å². The Hall–Kier alpha value is -1.38. The summed E-state index contributed by atoms with van der Waals surface area (Å²) in [6.07, 6.45) is 1.21. The molecular formula is C13H18N4O2S2. The van der Waals surface area contributed by atoms with Crippen LogP contribution in [-0.2, 0) is 29.2 Å². The summed E-state index contributed by atoms with van der Waals surface area (Å²) >= 11 is 1.57. The van der Waals surface area contributed by atoms with E-state index in [4.69, 9.17) is 0 Å². The highest BCUT2D eigenvalue weighted by Crippen LogP contribution is 2.22. The lowest BCUT2D eigenvalue weighted by Gasteiger charge is -2.04. The van der Waals surface area contributed by atoms with Crippen LogP contribution >= 0.6 is 11.8 Å². The summed E-state index contributed by atoms with van der Waals surface area (Å²) in [4.78, 5) is 0.339. The van der Waals surface area contributed by atoms with E-state index < -0.39 is 9.84 Å². The van der Waals surface area contributed by atoms with Gasteiger partial charge in [-0.1, -0.05) is 23.9 Å². The maximum Gasteiger partial charge on any atom is 0.191 e. The average Bonchev–Trinajstić information content (AvgIpc) is 2.78. The third-order valence-corrected chi connectivity index (χ3v) is 5.20. The first-order chi connectivity index (χ1) is 9.91. The lowest BCUT2D eigenvalue weighted by atomic mass is 10.2. The quantitative estimate of drug-likeness (QED) is 0.805. The van der Waals surface area contributed by atoms with Crippen LogP contribution in [0.25, 0.3) is 0 Å². The summed E-state index contributed by atoms with van der Waals surface area (Å²) in [5.74, 6) is 1.60. The standard InChI is InChI=1S/C13H18N4O2S2/c1-14-8-12-15-16-13(17(12)2)20-9-10-4-6-11(7-5-10)21(3,18)19/h4-7,14H,8-9H2,1-3H3. The zero-order valence-electron chi connectivity index (χ0n) is 12.2. The molecule has 0 saturated heterocycles. The molecule has 0 spiro atoms. The Kier molecular flexibility index (Phi) is 5.02. The summed E-state index contributed by atoms with van der Waals surface area (Å²) in [6.45, 7) is 0.674. The number of aromatic nitrogens is 3. The topological polar surface area (TPSA) is 76.9 Å². The van der Waals surface area contributed by atoms with Gasteiger partial charge in [0, 0.05) is 19.1 Å². The maximum atomic E-state index is 11.4. The molecule has 8 heteroatoms. The molecule has 0 fully saturated rings. The maximum absolute atomic E-state index is 11.4. The summed E-state index contributed by atoms with van der Waals surface area (Å²) in [5.41, 5.74) is 1.05. The van der Waals surface area contributed by atoms with Crippen molar-refractivity contribution in [2.75, 3.05) is 13.3 Å². The van der Waals surface area contributed by atoms with Crippen LogP contribution in [0, 0.1) is 0 Å². The van der Waals surface area contributed by atoms with Crippen LogP contribution in [0.15, 0.2) is 34.3 Å². The first-order valence-electron chi connectivity index (χ1n) is 6.36. The molecule has 1 heterocycles. The molecule has 0 aliphatic heterocycles. The van der Waals surface area contributed by atoms with Crippen LogP contribution in [0.1, 0.15) is 11.4 Å². The number of benzene rings is 1. The van der Waals surface area contributed by atoms with Crippen LogP contribution in [0.2, 0.25) is 0 Å². The van der Waals surface area contributed by atoms with Gasteiger partial charge in [-0.05, 0) is 24.7 Å². The Labute approximate surface area is 128 Å². The van der Waals surface area contributed by atoms with Gasteiger partial charge in [0.2, 0.25) is 0 Å². The molecule has 6 nitrogen and oxygen atoms in total. The monoisotopic (exact) mass is 326 g/mol. The smallest absolute Gasteiger partial charge is 0.191 e. The van der Waals surface area contributed by atoms with Gasteiger partial charge in [0.05, 0.1) is 11.4 Å². The summed E-state index contributed by atoms with van der Waals surface area (Å²) in [6, 6.07) is 6.92. The average molecular weight is 326 g/mol. The van der Waals surface area contributed by atoms with Crippen molar-refractivity contribution in [2.24, 2.45) is 7.05 Å². The molecule has 0 unspecified atom stereocenters. The van der Waals surface area contributed by atoms with Gasteiger partial charge in [-0.25, -0.2) is 8.42 Å². The van der Waals surface area contributed by atoms with Gasteiger partial charge in [0.1, 0.15) is 5.82 Å². The molecule has 1 N–H and O–H groups in total. The second-order valence-electron chi connectivity index (χ2n) is 4.69. The predicted molar refractivity (Wildman–Crippen MR) is 82.9 cm³/mol. The highest BCUT2D eigenvalue weighted by atomic mass is 32.2. The van der Waals surface area contributed by atoms with Crippen LogP contribution in [0.4, 0.5) is 0 Å². The number of sulfone groups is 1. The highest BCUT2D eigenvalue weighted by molar-refractivity contribution is 7.98. The van der Waals surface area contributed by atoms with E-state index >= 15 is 0 Å². The molecule has 1 aromatic carbocycles. The lowest BCUT2D eigenvalue weighted by molar-refractivity contribution is 0.602. The van der Waals surface area contributed by atoms with Crippen molar-refractivity contribution in [1.29, 1.82) is 0 Å². The summed E-state index contributed by atoms with van der Waals surface area (Å²) in [7, 11) is 0.662. The fraction of sp³-hybridized carbons (Fsp3) is 0.385. The van der Waals surface area contributed by atoms with Gasteiger partial charge in [0.25, 0.3) is 0 Å². The molecule has 0 amide bonds. The Bertz CT molecular complexity index is 708. The van der Waals surface area contributed by atoms with E-state index in [1.165, 1.54) is 6.26 Å². The van der Waals surface area contributed by atoms with Crippen molar-refractivity contribution in [2.45, 2.75) is 22.3 Å². The molecule has 0 radical (unpaired) electrons. The van der Waals surface area contributed by atoms with E-state index in [-0.39, 0.29) is 0 Å². The fourth-order valence-corrected chi connectivity index (χ4v) is 3.28. The number of thioether (sulfide) groups is 1. The molecule has 0 aliphatic carbocycles. The number of nitrogens with one attached hydrogen (secondary N) is 1. The SMILES string of the molecule is CNCc1nnc(SCc2ccc(S(C)(=O)=O)cc2)n1C. The summed E-state index contributed by atoms with van der Waals surface area (Å²) in [5, 5.41) is 12.1. The number of hydrogen-bond acceptors (Lipinski definition) is 6. The molecule has 2 aromatic rings. The summed E-state index contributed by atoms with van der Waals surface area (Å²) < 4.78 is 24.7. The minimum Gasteiger partial charge on any atom is -0.313 e. The first-order valence-corrected chi connectivity index (χ1v) is 9.24. The molecular weight excluding hydrogens is 308 g/mol. The van der Waals surface area contributed by atoms with Gasteiger partial charge in [-0.2, -0.15) is 0 Å². The molecule has 2 rings (SSSR count). The van der Waals surface area contributed by atoms with Crippen molar-refractivity contribution >= 4 is 21.6 Å². The molecule has 0 saturated carbocycles. The number of nitrogens with zero attached hydrogens (tertiary/aromatic N) is 3. The van der Waals surface area contributed by atoms with E-state index in [0.29, 0.717) is 11.4 Å². The third kappa shape index (κ3) is 4.05. The minimum atomic E-state index is -3.14. The van der Waals surface area contributed by atoms with Gasteiger partial charge < -0.3 is 9.88 Å². The highest BCUT2D eigenvalue weighted by Gasteiger charge is 2.09. The normalized spacial score (nSPS) is 11.8. The Morgan fingerprint density at radius 1 is 1.24 bits per heavy atom. The van der Waals surface area contributed by atoms with Crippen molar-refractivity contribution in [3.05, 3.63) is 35.7 Å². The molecule has 0 aliphatic rings. The zero-order valence-corrected chi connectivity index (χ0v) is 13.8. The molecule has 0 atom stereocenters. The van der Waals surface area contributed by atoms with Crippen molar-refractivity contribution in [1.82, 2.24) is 20.1 Å². The first kappa shape index (κ1) is 16.0. The van der Waals surface area contributed by atoms with Crippen molar-refractivity contribution in [3.8, 4) is 0 Å². The Morgan fingerprint density at radius 2 is 1.90 bits per heavy atom. The third-order valence-electron chi connectivity index (χ3n) is 2.98. The fourth-order valence-electron chi connectivity index (χ4n) is 1.76. The lowest BCUT2D eigenvalue weighted by Crippen LogP contribution is -2.10. The Morgan fingerprint density at radius 3 is 2.48 bits per heavy atom. The Balaban J connectivity index is 2.03. The largest absolute Gasteiger partial charge is 0.313 e. The van der Waals surface area contributed by atoms with Gasteiger partial charge in [-0.3, -0.25) is 0 Å². The van der Waals surface area contributed by atoms with Gasteiger partial charge >= 0.3 is 0 Å². The number of rotatable bonds is 6. The molecule has 1 aromatic heterocycles.